The number of hydrogen-bond acceptors (Lipinski definition) is 3. The molecule has 0 saturated heterocycles. The fourth-order valence-electron chi connectivity index (χ4n) is 1.74. The SMILES string of the molecule is CCC(O)C#CC(O)C(C)(C)CC(C)(C)N. The van der Waals surface area contributed by atoms with Gasteiger partial charge >= 0.3 is 0 Å². The summed E-state index contributed by atoms with van der Waals surface area (Å²) >= 11 is 0. The summed E-state index contributed by atoms with van der Waals surface area (Å²) in [5, 5.41) is 19.2. The normalized spacial score (nSPS) is 16.2. The minimum Gasteiger partial charge on any atom is -0.380 e. The number of hydrogen-bond donors (Lipinski definition) is 3. The lowest BCUT2D eigenvalue weighted by molar-refractivity contribution is 0.0744. The Morgan fingerprint density at radius 2 is 1.62 bits per heavy atom. The van der Waals surface area contributed by atoms with E-state index in [0.29, 0.717) is 12.8 Å². The van der Waals surface area contributed by atoms with E-state index in [0.717, 1.165) is 0 Å². The fraction of sp³-hybridized carbons (Fsp3) is 0.846. The topological polar surface area (TPSA) is 66.5 Å². The molecule has 0 bridgehead atoms. The van der Waals surface area contributed by atoms with Gasteiger partial charge in [0.2, 0.25) is 0 Å². The lowest BCUT2D eigenvalue weighted by Crippen LogP contribution is -2.42. The monoisotopic (exact) mass is 227 g/mol. The van der Waals surface area contributed by atoms with Gasteiger partial charge in [-0.3, -0.25) is 0 Å². The summed E-state index contributed by atoms with van der Waals surface area (Å²) in [6, 6.07) is 0. The van der Waals surface area contributed by atoms with Crippen LogP contribution in [-0.4, -0.2) is 28.0 Å². The Morgan fingerprint density at radius 1 is 1.12 bits per heavy atom. The molecule has 94 valence electrons. The van der Waals surface area contributed by atoms with Gasteiger partial charge in [-0.05, 0) is 26.7 Å². The standard InChI is InChI=1S/C13H25NO2/c1-6-10(15)7-8-11(16)12(2,3)9-13(4,5)14/h10-11,15-16H,6,9,14H2,1-5H3. The smallest absolute Gasteiger partial charge is 0.119 e. The van der Waals surface area contributed by atoms with Crippen LogP contribution in [0.1, 0.15) is 47.5 Å². The molecular formula is C13H25NO2. The summed E-state index contributed by atoms with van der Waals surface area (Å²) < 4.78 is 0. The molecule has 4 N–H and O–H groups in total. The van der Waals surface area contributed by atoms with Crippen LogP contribution < -0.4 is 5.73 Å². The van der Waals surface area contributed by atoms with Crippen molar-refractivity contribution in [3.63, 3.8) is 0 Å². The summed E-state index contributed by atoms with van der Waals surface area (Å²) in [6.45, 7) is 9.56. The average molecular weight is 227 g/mol. The molecule has 0 aromatic rings. The summed E-state index contributed by atoms with van der Waals surface area (Å²) in [6.07, 6.45) is -0.187. The van der Waals surface area contributed by atoms with Gasteiger partial charge in [-0.15, -0.1) is 0 Å². The lowest BCUT2D eigenvalue weighted by atomic mass is 9.76. The predicted molar refractivity (Wildman–Crippen MR) is 66.7 cm³/mol. The van der Waals surface area contributed by atoms with Gasteiger partial charge < -0.3 is 15.9 Å². The molecule has 0 aromatic heterocycles. The molecule has 0 radical (unpaired) electrons. The van der Waals surface area contributed by atoms with Crippen molar-refractivity contribution < 1.29 is 10.2 Å². The molecule has 0 aliphatic rings. The van der Waals surface area contributed by atoms with E-state index in [4.69, 9.17) is 5.73 Å². The van der Waals surface area contributed by atoms with Crippen LogP contribution in [-0.2, 0) is 0 Å². The molecule has 0 rings (SSSR count). The number of nitrogens with two attached hydrogens (primary N) is 1. The minimum atomic E-state index is -0.767. The Kier molecular flexibility index (Phi) is 5.48. The molecule has 0 aromatic carbocycles. The van der Waals surface area contributed by atoms with Crippen molar-refractivity contribution in [2.75, 3.05) is 0 Å². The average Bonchev–Trinajstić information content (AvgIpc) is 2.09. The maximum atomic E-state index is 9.94. The predicted octanol–water partition coefficient (Wildman–Crippen LogP) is 1.28. The lowest BCUT2D eigenvalue weighted by Gasteiger charge is -2.34. The van der Waals surface area contributed by atoms with E-state index in [1.807, 2.05) is 34.6 Å². The molecule has 2 unspecified atom stereocenters. The Bertz CT molecular complexity index is 268. The highest BCUT2D eigenvalue weighted by atomic mass is 16.3. The van der Waals surface area contributed by atoms with Gasteiger partial charge in [0.1, 0.15) is 12.2 Å². The van der Waals surface area contributed by atoms with Crippen LogP contribution in [0.2, 0.25) is 0 Å². The molecule has 0 saturated carbocycles. The highest BCUT2D eigenvalue weighted by molar-refractivity contribution is 5.12. The zero-order valence-corrected chi connectivity index (χ0v) is 11.0. The third kappa shape index (κ3) is 6.12. The Hall–Kier alpha value is -0.560. The van der Waals surface area contributed by atoms with Gasteiger partial charge in [-0.1, -0.05) is 32.6 Å². The molecule has 0 aliphatic heterocycles. The molecule has 16 heavy (non-hydrogen) atoms. The van der Waals surface area contributed by atoms with Gasteiger partial charge in [-0.2, -0.15) is 0 Å². The number of aliphatic hydroxyl groups excluding tert-OH is 2. The van der Waals surface area contributed by atoms with E-state index in [1.165, 1.54) is 0 Å². The third-order valence-electron chi connectivity index (χ3n) is 2.42. The largest absolute Gasteiger partial charge is 0.380 e. The second-order valence-corrected chi connectivity index (χ2v) is 5.77. The maximum Gasteiger partial charge on any atom is 0.119 e. The Balaban J connectivity index is 4.56. The zero-order chi connectivity index (χ0) is 13.0. The van der Waals surface area contributed by atoms with Gasteiger partial charge in [0.25, 0.3) is 0 Å². The first-order chi connectivity index (χ1) is 7.08. The van der Waals surface area contributed by atoms with E-state index < -0.39 is 12.2 Å². The summed E-state index contributed by atoms with van der Waals surface area (Å²) in [4.78, 5) is 0. The van der Waals surface area contributed by atoms with Crippen LogP contribution in [0.5, 0.6) is 0 Å². The fourth-order valence-corrected chi connectivity index (χ4v) is 1.74. The molecule has 2 atom stereocenters. The molecule has 3 heteroatoms. The number of rotatable bonds is 4. The first-order valence-electron chi connectivity index (χ1n) is 5.74. The molecule has 3 nitrogen and oxygen atoms in total. The molecule has 0 aliphatic carbocycles. The first-order valence-corrected chi connectivity index (χ1v) is 5.74. The highest BCUT2D eigenvalue weighted by Gasteiger charge is 2.31. The van der Waals surface area contributed by atoms with Crippen molar-refractivity contribution in [3.05, 3.63) is 0 Å². The summed E-state index contributed by atoms with van der Waals surface area (Å²) in [7, 11) is 0. The van der Waals surface area contributed by atoms with Crippen molar-refractivity contribution in [2.45, 2.75) is 65.2 Å². The third-order valence-corrected chi connectivity index (χ3v) is 2.42. The van der Waals surface area contributed by atoms with Crippen molar-refractivity contribution in [3.8, 4) is 11.8 Å². The van der Waals surface area contributed by atoms with Crippen molar-refractivity contribution in [1.29, 1.82) is 0 Å². The van der Waals surface area contributed by atoms with Gasteiger partial charge in [0.15, 0.2) is 0 Å². The maximum absolute atomic E-state index is 9.94. The highest BCUT2D eigenvalue weighted by Crippen LogP contribution is 2.29. The molecule has 0 amide bonds. The van der Waals surface area contributed by atoms with Gasteiger partial charge in [0, 0.05) is 11.0 Å². The van der Waals surface area contributed by atoms with Crippen LogP contribution in [0.4, 0.5) is 0 Å². The van der Waals surface area contributed by atoms with E-state index in [2.05, 4.69) is 11.8 Å². The van der Waals surface area contributed by atoms with Gasteiger partial charge in [0.05, 0.1) is 0 Å². The van der Waals surface area contributed by atoms with Crippen LogP contribution in [0.25, 0.3) is 0 Å². The van der Waals surface area contributed by atoms with Crippen LogP contribution >= 0.6 is 0 Å². The Labute approximate surface area is 99.0 Å². The van der Waals surface area contributed by atoms with E-state index in [9.17, 15) is 10.2 Å². The molecule has 0 heterocycles. The zero-order valence-electron chi connectivity index (χ0n) is 11.0. The second kappa shape index (κ2) is 5.67. The van der Waals surface area contributed by atoms with Crippen molar-refractivity contribution >= 4 is 0 Å². The van der Waals surface area contributed by atoms with Gasteiger partial charge in [-0.25, -0.2) is 0 Å². The molecule has 0 fully saturated rings. The van der Waals surface area contributed by atoms with E-state index >= 15 is 0 Å². The van der Waals surface area contributed by atoms with Crippen molar-refractivity contribution in [1.82, 2.24) is 0 Å². The first kappa shape index (κ1) is 15.4. The van der Waals surface area contributed by atoms with E-state index in [1.54, 1.807) is 0 Å². The molecular weight excluding hydrogens is 202 g/mol. The summed E-state index contributed by atoms with van der Waals surface area (Å²) in [5.41, 5.74) is 5.22. The second-order valence-electron chi connectivity index (χ2n) is 5.77. The Morgan fingerprint density at radius 3 is 2.00 bits per heavy atom. The van der Waals surface area contributed by atoms with E-state index in [-0.39, 0.29) is 11.0 Å². The van der Waals surface area contributed by atoms with Crippen LogP contribution in [0, 0.1) is 17.3 Å². The van der Waals surface area contributed by atoms with Crippen LogP contribution in [0.15, 0.2) is 0 Å². The summed E-state index contributed by atoms with van der Waals surface area (Å²) in [5.74, 6) is 5.33. The van der Waals surface area contributed by atoms with Crippen molar-refractivity contribution in [2.24, 2.45) is 11.1 Å². The van der Waals surface area contributed by atoms with Crippen LogP contribution in [0.3, 0.4) is 0 Å². The minimum absolute atomic E-state index is 0.338. The molecule has 0 spiro atoms. The quantitative estimate of drug-likeness (QED) is 0.634. The number of aliphatic hydroxyl groups is 2.